The third-order valence-electron chi connectivity index (χ3n) is 2.48. The van der Waals surface area contributed by atoms with E-state index in [9.17, 15) is 0 Å². The number of rotatable bonds is 4. The average molecular weight is 232 g/mol. The lowest BCUT2D eigenvalue weighted by atomic mass is 10.2. The lowest BCUT2D eigenvalue weighted by Crippen LogP contribution is -2.05. The van der Waals surface area contributed by atoms with E-state index in [0.29, 0.717) is 6.54 Å². The van der Waals surface area contributed by atoms with Crippen LogP contribution in [-0.4, -0.2) is 29.2 Å². The van der Waals surface area contributed by atoms with Gasteiger partial charge in [0.1, 0.15) is 11.4 Å². The van der Waals surface area contributed by atoms with Crippen molar-refractivity contribution < 1.29 is 4.74 Å². The van der Waals surface area contributed by atoms with E-state index in [1.54, 1.807) is 11.8 Å². The van der Waals surface area contributed by atoms with Crippen molar-refractivity contribution in [2.45, 2.75) is 13.5 Å². The van der Waals surface area contributed by atoms with E-state index in [4.69, 9.17) is 4.74 Å². The zero-order valence-electron chi connectivity index (χ0n) is 10.3. The number of benzene rings is 1. The number of aryl methyl sites for hydroxylation is 1. The highest BCUT2D eigenvalue weighted by Crippen LogP contribution is 2.23. The van der Waals surface area contributed by atoms with Crippen LogP contribution in [-0.2, 0) is 6.54 Å². The van der Waals surface area contributed by atoms with E-state index in [0.717, 1.165) is 22.7 Å². The molecule has 90 valence electrons. The monoisotopic (exact) mass is 232 g/mol. The van der Waals surface area contributed by atoms with Gasteiger partial charge in [-0.15, -0.1) is 5.10 Å². The normalized spacial score (nSPS) is 10.5. The first kappa shape index (κ1) is 11.6. The zero-order valence-corrected chi connectivity index (χ0v) is 10.3. The molecule has 0 aliphatic carbocycles. The molecule has 0 radical (unpaired) electrons. The summed E-state index contributed by atoms with van der Waals surface area (Å²) >= 11 is 0. The Kier molecular flexibility index (Phi) is 3.39. The lowest BCUT2D eigenvalue weighted by molar-refractivity contribution is 0.411. The SMILES string of the molecule is CNCc1cn(-c2cc(C)ccc2OC)nn1. The molecule has 0 unspecified atom stereocenters. The standard InChI is InChI=1S/C12H16N4O/c1-9-4-5-12(17-3)11(6-9)16-8-10(7-13-2)14-15-16/h4-6,8,13H,7H2,1-3H3. The lowest BCUT2D eigenvalue weighted by Gasteiger charge is -2.08. The van der Waals surface area contributed by atoms with Gasteiger partial charge in [0.15, 0.2) is 0 Å². The molecule has 0 aliphatic heterocycles. The summed E-state index contributed by atoms with van der Waals surface area (Å²) in [6, 6.07) is 5.97. The van der Waals surface area contributed by atoms with Crippen molar-refractivity contribution in [3.05, 3.63) is 35.7 Å². The van der Waals surface area contributed by atoms with Crippen molar-refractivity contribution in [2.75, 3.05) is 14.2 Å². The highest BCUT2D eigenvalue weighted by Gasteiger charge is 2.08. The summed E-state index contributed by atoms with van der Waals surface area (Å²) in [5, 5.41) is 11.2. The van der Waals surface area contributed by atoms with Crippen LogP contribution in [0.25, 0.3) is 5.69 Å². The second-order valence-corrected chi connectivity index (χ2v) is 3.86. The van der Waals surface area contributed by atoms with Gasteiger partial charge in [0.05, 0.1) is 19.0 Å². The van der Waals surface area contributed by atoms with Crippen molar-refractivity contribution in [1.82, 2.24) is 20.3 Å². The Hall–Kier alpha value is -1.88. The number of aromatic nitrogens is 3. The molecule has 2 aromatic rings. The highest BCUT2D eigenvalue weighted by atomic mass is 16.5. The van der Waals surface area contributed by atoms with E-state index in [1.165, 1.54) is 0 Å². The van der Waals surface area contributed by atoms with Crippen molar-refractivity contribution in [2.24, 2.45) is 0 Å². The fourth-order valence-corrected chi connectivity index (χ4v) is 1.66. The summed E-state index contributed by atoms with van der Waals surface area (Å²) in [4.78, 5) is 0. The van der Waals surface area contributed by atoms with Crippen molar-refractivity contribution >= 4 is 0 Å². The summed E-state index contributed by atoms with van der Waals surface area (Å²) in [7, 11) is 3.53. The van der Waals surface area contributed by atoms with Crippen LogP contribution in [0.15, 0.2) is 24.4 Å². The maximum Gasteiger partial charge on any atom is 0.144 e. The fraction of sp³-hybridized carbons (Fsp3) is 0.333. The Bertz CT molecular complexity index is 507. The smallest absolute Gasteiger partial charge is 0.144 e. The number of nitrogens with zero attached hydrogens (tertiary/aromatic N) is 3. The number of ether oxygens (including phenoxy) is 1. The quantitative estimate of drug-likeness (QED) is 0.863. The molecule has 0 fully saturated rings. The van der Waals surface area contributed by atoms with E-state index in [-0.39, 0.29) is 0 Å². The molecule has 1 N–H and O–H groups in total. The van der Waals surface area contributed by atoms with E-state index in [2.05, 4.69) is 15.6 Å². The molecule has 0 atom stereocenters. The number of hydrogen-bond acceptors (Lipinski definition) is 4. The highest BCUT2D eigenvalue weighted by molar-refractivity contribution is 5.48. The van der Waals surface area contributed by atoms with Gasteiger partial charge in [-0.25, -0.2) is 4.68 Å². The minimum atomic E-state index is 0.703. The molecule has 1 aromatic carbocycles. The summed E-state index contributed by atoms with van der Waals surface area (Å²) < 4.78 is 7.05. The molecule has 0 spiro atoms. The zero-order chi connectivity index (χ0) is 12.3. The largest absolute Gasteiger partial charge is 0.494 e. The molecule has 5 nitrogen and oxygen atoms in total. The predicted octanol–water partition coefficient (Wildman–Crippen LogP) is 1.30. The maximum absolute atomic E-state index is 5.32. The first-order valence-corrected chi connectivity index (χ1v) is 5.45. The minimum absolute atomic E-state index is 0.703. The van der Waals surface area contributed by atoms with Crippen LogP contribution in [0.3, 0.4) is 0 Å². The van der Waals surface area contributed by atoms with Gasteiger partial charge in [0.2, 0.25) is 0 Å². The van der Waals surface area contributed by atoms with Crippen LogP contribution in [0.1, 0.15) is 11.3 Å². The van der Waals surface area contributed by atoms with E-state index >= 15 is 0 Å². The third kappa shape index (κ3) is 2.45. The summed E-state index contributed by atoms with van der Waals surface area (Å²) in [6.07, 6.45) is 1.90. The molecule has 1 heterocycles. The van der Waals surface area contributed by atoms with Crippen molar-refractivity contribution in [3.8, 4) is 11.4 Å². The minimum Gasteiger partial charge on any atom is -0.494 e. The topological polar surface area (TPSA) is 52.0 Å². The molecule has 5 heteroatoms. The first-order valence-electron chi connectivity index (χ1n) is 5.45. The molecule has 0 bridgehead atoms. The van der Waals surface area contributed by atoms with E-state index in [1.807, 2.05) is 38.4 Å². The number of nitrogens with one attached hydrogen (secondary N) is 1. The second-order valence-electron chi connectivity index (χ2n) is 3.86. The van der Waals surface area contributed by atoms with Crippen LogP contribution < -0.4 is 10.1 Å². The Balaban J connectivity index is 2.40. The fourth-order valence-electron chi connectivity index (χ4n) is 1.66. The van der Waals surface area contributed by atoms with Crippen LogP contribution in [0, 0.1) is 6.92 Å². The van der Waals surface area contributed by atoms with Gasteiger partial charge in [-0.05, 0) is 31.7 Å². The Morgan fingerprint density at radius 3 is 2.94 bits per heavy atom. The van der Waals surface area contributed by atoms with Crippen LogP contribution in [0.4, 0.5) is 0 Å². The molecule has 0 saturated heterocycles. The molecule has 0 saturated carbocycles. The number of methoxy groups -OCH3 is 1. The van der Waals surface area contributed by atoms with Gasteiger partial charge in [-0.1, -0.05) is 11.3 Å². The second kappa shape index (κ2) is 4.97. The van der Waals surface area contributed by atoms with Gasteiger partial charge in [0, 0.05) is 6.54 Å². The van der Waals surface area contributed by atoms with Gasteiger partial charge < -0.3 is 10.1 Å². The summed E-state index contributed by atoms with van der Waals surface area (Å²) in [5.41, 5.74) is 2.96. The maximum atomic E-state index is 5.32. The Morgan fingerprint density at radius 1 is 1.41 bits per heavy atom. The molecule has 0 amide bonds. The third-order valence-corrected chi connectivity index (χ3v) is 2.48. The Labute approximate surface area is 100 Å². The molecule has 1 aromatic heterocycles. The molecule has 2 rings (SSSR count). The average Bonchev–Trinajstić information content (AvgIpc) is 2.78. The number of hydrogen-bond donors (Lipinski definition) is 1. The van der Waals surface area contributed by atoms with Gasteiger partial charge >= 0.3 is 0 Å². The molecule has 0 aliphatic rings. The van der Waals surface area contributed by atoms with Crippen molar-refractivity contribution in [3.63, 3.8) is 0 Å². The van der Waals surface area contributed by atoms with Crippen LogP contribution in [0.5, 0.6) is 5.75 Å². The van der Waals surface area contributed by atoms with Crippen LogP contribution >= 0.6 is 0 Å². The van der Waals surface area contributed by atoms with Gasteiger partial charge in [0.25, 0.3) is 0 Å². The molecular formula is C12H16N4O. The first-order chi connectivity index (χ1) is 8.24. The summed E-state index contributed by atoms with van der Waals surface area (Å²) in [6.45, 7) is 2.74. The van der Waals surface area contributed by atoms with Gasteiger partial charge in [-0.2, -0.15) is 0 Å². The van der Waals surface area contributed by atoms with Crippen molar-refractivity contribution in [1.29, 1.82) is 0 Å². The Morgan fingerprint density at radius 2 is 2.24 bits per heavy atom. The van der Waals surface area contributed by atoms with E-state index < -0.39 is 0 Å². The van der Waals surface area contributed by atoms with Gasteiger partial charge in [-0.3, -0.25) is 0 Å². The predicted molar refractivity (Wildman–Crippen MR) is 65.4 cm³/mol. The summed E-state index contributed by atoms with van der Waals surface area (Å²) in [5.74, 6) is 0.788. The molecular weight excluding hydrogens is 216 g/mol. The molecule has 17 heavy (non-hydrogen) atoms. The van der Waals surface area contributed by atoms with Crippen LogP contribution in [0.2, 0.25) is 0 Å².